The molecule has 0 atom stereocenters. The first-order valence-electron chi connectivity index (χ1n) is 6.64. The molecule has 1 aliphatic rings. The van der Waals surface area contributed by atoms with Crippen LogP contribution in [0.1, 0.15) is 0 Å². The van der Waals surface area contributed by atoms with Crippen molar-refractivity contribution in [2.24, 2.45) is 0 Å². The van der Waals surface area contributed by atoms with E-state index in [1.165, 1.54) is 32.3 Å². The Balaban J connectivity index is 0.00000132. The van der Waals surface area contributed by atoms with Crippen LogP contribution in [0.2, 0.25) is 0 Å². The first-order valence-corrected chi connectivity index (χ1v) is 7.46. The van der Waals surface area contributed by atoms with E-state index in [0.717, 1.165) is 0 Å². The summed E-state index contributed by atoms with van der Waals surface area (Å²) in [6, 6.07) is 25.5. The molecule has 1 aliphatic heterocycles. The number of rotatable bonds is 1. The van der Waals surface area contributed by atoms with Crippen LogP contribution in [0.15, 0.2) is 82.6 Å². The fourth-order valence-electron chi connectivity index (χ4n) is 2.52. The van der Waals surface area contributed by atoms with Crippen molar-refractivity contribution >= 4 is 40.1 Å². The maximum absolute atomic E-state index is 3.59. The van der Waals surface area contributed by atoms with E-state index in [0.29, 0.717) is 0 Å². The molecule has 0 amide bonds. The van der Waals surface area contributed by atoms with Crippen molar-refractivity contribution < 1.29 is 0 Å². The predicted molar refractivity (Wildman–Crippen MR) is 96.0 cm³/mol. The van der Waals surface area contributed by atoms with Crippen LogP contribution in [0.25, 0.3) is 11.1 Å². The fraction of sp³-hybridized carbons (Fsp3) is 0. The van der Waals surface area contributed by atoms with E-state index in [1.54, 1.807) is 0 Å². The number of hydrogen-bond acceptors (Lipinski definition) is 2. The standard InChI is InChI=1S/C18H13NS.BrH/c1-2-7-13(8-3-1)14-9-6-12-17-18(14)19-15-10-4-5-11-16(15)20-17;/h1-12,19H;1H. The summed E-state index contributed by atoms with van der Waals surface area (Å²) in [6.07, 6.45) is 0. The Bertz CT molecular complexity index is 771. The molecule has 3 aromatic rings. The summed E-state index contributed by atoms with van der Waals surface area (Å²) in [4.78, 5) is 2.57. The molecule has 0 saturated heterocycles. The van der Waals surface area contributed by atoms with Crippen LogP contribution in [0.5, 0.6) is 0 Å². The smallest absolute Gasteiger partial charge is 0.0606 e. The largest absolute Gasteiger partial charge is 0.353 e. The Kier molecular flexibility index (Phi) is 4.04. The summed E-state index contributed by atoms with van der Waals surface area (Å²) in [7, 11) is 0. The molecular weight excluding hydrogens is 342 g/mol. The Morgan fingerprint density at radius 3 is 2.24 bits per heavy atom. The lowest BCUT2D eigenvalue weighted by atomic mass is 10.0. The molecule has 0 spiro atoms. The van der Waals surface area contributed by atoms with Gasteiger partial charge in [-0.05, 0) is 23.8 Å². The summed E-state index contributed by atoms with van der Waals surface area (Å²) >= 11 is 1.83. The third-order valence-corrected chi connectivity index (χ3v) is 4.61. The highest BCUT2D eigenvalue weighted by molar-refractivity contribution is 8.93. The Hall–Kier alpha value is -1.71. The molecule has 0 radical (unpaired) electrons. The van der Waals surface area contributed by atoms with Gasteiger partial charge in [-0.3, -0.25) is 0 Å². The van der Waals surface area contributed by atoms with Crippen LogP contribution < -0.4 is 5.32 Å². The average molecular weight is 356 g/mol. The lowest BCUT2D eigenvalue weighted by molar-refractivity contribution is 1.31. The molecule has 3 heteroatoms. The highest BCUT2D eigenvalue weighted by atomic mass is 79.9. The van der Waals surface area contributed by atoms with E-state index in [2.05, 4.69) is 78.1 Å². The number of fused-ring (bicyclic) bond motifs is 2. The Morgan fingerprint density at radius 2 is 1.38 bits per heavy atom. The van der Waals surface area contributed by atoms with Crippen molar-refractivity contribution in [3.05, 3.63) is 72.8 Å². The molecular formula is C18H14BrNS. The van der Waals surface area contributed by atoms with Crippen LogP contribution in [-0.2, 0) is 0 Å². The number of benzene rings is 3. The molecule has 0 aliphatic carbocycles. The normalized spacial score (nSPS) is 11.6. The molecule has 3 aromatic carbocycles. The van der Waals surface area contributed by atoms with E-state index in [-0.39, 0.29) is 17.0 Å². The van der Waals surface area contributed by atoms with Crippen LogP contribution in [-0.4, -0.2) is 0 Å². The van der Waals surface area contributed by atoms with Gasteiger partial charge in [0.2, 0.25) is 0 Å². The van der Waals surface area contributed by atoms with E-state index >= 15 is 0 Å². The predicted octanol–water partition coefficient (Wildman–Crippen LogP) is 6.14. The van der Waals surface area contributed by atoms with Gasteiger partial charge in [0.05, 0.1) is 11.4 Å². The molecule has 1 heterocycles. The first-order chi connectivity index (χ1) is 9.92. The molecule has 104 valence electrons. The second kappa shape index (κ2) is 5.96. The molecule has 4 rings (SSSR count). The maximum atomic E-state index is 3.59. The number of anilines is 2. The minimum atomic E-state index is 0. The summed E-state index contributed by atoms with van der Waals surface area (Å²) in [5, 5.41) is 3.59. The van der Waals surface area contributed by atoms with Gasteiger partial charge in [0.1, 0.15) is 0 Å². The quantitative estimate of drug-likeness (QED) is 0.440. The van der Waals surface area contributed by atoms with E-state index in [4.69, 9.17) is 0 Å². The van der Waals surface area contributed by atoms with Crippen LogP contribution >= 0.6 is 28.7 Å². The van der Waals surface area contributed by atoms with Crippen molar-refractivity contribution in [1.29, 1.82) is 0 Å². The zero-order valence-corrected chi connectivity index (χ0v) is 13.8. The van der Waals surface area contributed by atoms with Gasteiger partial charge in [-0.25, -0.2) is 0 Å². The number of nitrogens with one attached hydrogen (secondary N) is 1. The van der Waals surface area contributed by atoms with Crippen LogP contribution in [0, 0.1) is 0 Å². The lowest BCUT2D eigenvalue weighted by Crippen LogP contribution is -2.01. The zero-order chi connectivity index (χ0) is 13.4. The molecule has 0 unspecified atom stereocenters. The Labute approximate surface area is 139 Å². The minimum absolute atomic E-state index is 0. The van der Waals surface area contributed by atoms with E-state index in [9.17, 15) is 0 Å². The molecule has 1 N–H and O–H groups in total. The van der Waals surface area contributed by atoms with Gasteiger partial charge in [-0.1, -0.05) is 66.4 Å². The monoisotopic (exact) mass is 355 g/mol. The van der Waals surface area contributed by atoms with Crippen molar-refractivity contribution in [2.75, 3.05) is 5.32 Å². The third-order valence-electron chi connectivity index (χ3n) is 3.48. The van der Waals surface area contributed by atoms with Gasteiger partial charge in [0.15, 0.2) is 0 Å². The number of hydrogen-bond donors (Lipinski definition) is 1. The highest BCUT2D eigenvalue weighted by Crippen LogP contribution is 2.47. The van der Waals surface area contributed by atoms with Gasteiger partial charge in [0, 0.05) is 15.4 Å². The minimum Gasteiger partial charge on any atom is -0.353 e. The Morgan fingerprint density at radius 1 is 0.667 bits per heavy atom. The highest BCUT2D eigenvalue weighted by Gasteiger charge is 2.18. The molecule has 0 aromatic heterocycles. The van der Waals surface area contributed by atoms with Gasteiger partial charge in [-0.15, -0.1) is 17.0 Å². The zero-order valence-electron chi connectivity index (χ0n) is 11.2. The number of para-hydroxylation sites is 2. The number of halogens is 1. The molecule has 0 saturated carbocycles. The summed E-state index contributed by atoms with van der Waals surface area (Å²) in [6.45, 7) is 0. The average Bonchev–Trinajstić information content (AvgIpc) is 2.53. The first kappa shape index (κ1) is 14.2. The van der Waals surface area contributed by atoms with Crippen molar-refractivity contribution in [2.45, 2.75) is 9.79 Å². The van der Waals surface area contributed by atoms with Gasteiger partial charge in [-0.2, -0.15) is 0 Å². The van der Waals surface area contributed by atoms with Gasteiger partial charge >= 0.3 is 0 Å². The van der Waals surface area contributed by atoms with Crippen LogP contribution in [0.4, 0.5) is 11.4 Å². The van der Waals surface area contributed by atoms with E-state index in [1.807, 2.05) is 11.8 Å². The van der Waals surface area contributed by atoms with Gasteiger partial charge < -0.3 is 5.32 Å². The summed E-state index contributed by atoms with van der Waals surface area (Å²) in [5.74, 6) is 0. The van der Waals surface area contributed by atoms with Gasteiger partial charge in [0.25, 0.3) is 0 Å². The summed E-state index contributed by atoms with van der Waals surface area (Å²) < 4.78 is 0. The lowest BCUT2D eigenvalue weighted by Gasteiger charge is -2.23. The van der Waals surface area contributed by atoms with Crippen molar-refractivity contribution in [3.63, 3.8) is 0 Å². The molecule has 0 fully saturated rings. The maximum Gasteiger partial charge on any atom is 0.0606 e. The topological polar surface area (TPSA) is 12.0 Å². The second-order valence-corrected chi connectivity index (χ2v) is 5.85. The van der Waals surface area contributed by atoms with Crippen LogP contribution in [0.3, 0.4) is 0 Å². The SMILES string of the molecule is Br.c1ccc(-c2cccc3c2Nc2ccccc2S3)cc1. The van der Waals surface area contributed by atoms with Crippen molar-refractivity contribution in [1.82, 2.24) is 0 Å². The fourth-order valence-corrected chi connectivity index (χ4v) is 3.54. The van der Waals surface area contributed by atoms with E-state index < -0.39 is 0 Å². The summed E-state index contributed by atoms with van der Waals surface area (Å²) in [5.41, 5.74) is 4.90. The second-order valence-electron chi connectivity index (χ2n) is 4.77. The molecule has 0 bridgehead atoms. The molecule has 1 nitrogen and oxygen atoms in total. The van der Waals surface area contributed by atoms with Crippen molar-refractivity contribution in [3.8, 4) is 11.1 Å². The molecule has 21 heavy (non-hydrogen) atoms. The third kappa shape index (κ3) is 2.59.